The average molecular weight is 502 g/mol. The molecule has 1 saturated heterocycles. The molecular formula is C31H39N3O3. The molecule has 3 aliphatic rings. The molecule has 3 heterocycles. The zero-order chi connectivity index (χ0) is 25.4. The van der Waals surface area contributed by atoms with Gasteiger partial charge >= 0.3 is 5.97 Å². The molecule has 0 atom stereocenters. The molecule has 1 saturated carbocycles. The van der Waals surface area contributed by atoms with E-state index >= 15 is 0 Å². The highest BCUT2D eigenvalue weighted by Crippen LogP contribution is 2.49. The fourth-order valence-corrected chi connectivity index (χ4v) is 6.83. The number of nitrogens with zero attached hydrogens (tertiary/aromatic N) is 3. The highest BCUT2D eigenvalue weighted by Gasteiger charge is 2.31. The zero-order valence-electron chi connectivity index (χ0n) is 22.0. The van der Waals surface area contributed by atoms with Gasteiger partial charge in [0, 0.05) is 36.6 Å². The summed E-state index contributed by atoms with van der Waals surface area (Å²) in [5, 5.41) is 10.9. The van der Waals surface area contributed by atoms with Crippen LogP contribution in [0.25, 0.3) is 22.2 Å². The number of ether oxygens (including phenoxy) is 1. The summed E-state index contributed by atoms with van der Waals surface area (Å²) in [7, 11) is 2.19. The van der Waals surface area contributed by atoms with Crippen LogP contribution in [0, 0.1) is 0 Å². The Kier molecular flexibility index (Phi) is 6.85. The second-order valence-corrected chi connectivity index (χ2v) is 11.1. The third-order valence-corrected chi connectivity index (χ3v) is 8.79. The van der Waals surface area contributed by atoms with Gasteiger partial charge in [0.25, 0.3) is 0 Å². The van der Waals surface area contributed by atoms with Crippen LogP contribution < -0.4 is 9.64 Å². The molecule has 0 bridgehead atoms. The molecule has 2 fully saturated rings. The summed E-state index contributed by atoms with van der Waals surface area (Å²) in [6.07, 6.45) is 10.2. The van der Waals surface area contributed by atoms with Crippen molar-refractivity contribution in [1.29, 1.82) is 0 Å². The number of benzene rings is 2. The molecule has 1 aromatic heterocycles. The number of carboxylic acid groups (broad SMARTS) is 1. The minimum absolute atomic E-state index is 0.347. The monoisotopic (exact) mass is 501 g/mol. The molecule has 1 N–H and O–H groups in total. The van der Waals surface area contributed by atoms with Crippen molar-refractivity contribution in [3.63, 3.8) is 0 Å². The number of fused-ring (bicyclic) bond motifs is 5. The van der Waals surface area contributed by atoms with Crippen LogP contribution in [0.15, 0.2) is 36.4 Å². The second-order valence-electron chi connectivity index (χ2n) is 11.1. The average Bonchev–Trinajstić information content (AvgIpc) is 3.13. The van der Waals surface area contributed by atoms with Gasteiger partial charge in [-0.2, -0.15) is 0 Å². The maximum Gasteiger partial charge on any atom is 0.335 e. The van der Waals surface area contributed by atoms with Crippen LogP contribution >= 0.6 is 0 Å². The van der Waals surface area contributed by atoms with Gasteiger partial charge in [-0.05, 0) is 74.5 Å². The minimum Gasteiger partial charge on any atom is -0.489 e. The van der Waals surface area contributed by atoms with E-state index in [0.29, 0.717) is 24.6 Å². The van der Waals surface area contributed by atoms with E-state index in [0.717, 1.165) is 35.6 Å². The zero-order valence-corrected chi connectivity index (χ0v) is 22.0. The molecule has 0 amide bonds. The predicted octanol–water partition coefficient (Wildman–Crippen LogP) is 6.37. The van der Waals surface area contributed by atoms with Crippen molar-refractivity contribution in [3.05, 3.63) is 47.5 Å². The number of piperidine rings is 1. The molecule has 1 aliphatic carbocycles. The van der Waals surface area contributed by atoms with E-state index in [1.807, 2.05) is 6.07 Å². The third kappa shape index (κ3) is 4.61. The van der Waals surface area contributed by atoms with E-state index in [-0.39, 0.29) is 0 Å². The quantitative estimate of drug-likeness (QED) is 0.425. The number of aromatic carboxylic acids is 1. The van der Waals surface area contributed by atoms with Crippen molar-refractivity contribution in [3.8, 4) is 17.0 Å². The smallest absolute Gasteiger partial charge is 0.335 e. The summed E-state index contributed by atoms with van der Waals surface area (Å²) in [6.45, 7) is 5.75. The van der Waals surface area contributed by atoms with Gasteiger partial charge in [-0.15, -0.1) is 0 Å². The van der Waals surface area contributed by atoms with Gasteiger partial charge in [0.05, 0.1) is 23.5 Å². The lowest BCUT2D eigenvalue weighted by Gasteiger charge is -2.30. The lowest BCUT2D eigenvalue weighted by molar-refractivity contribution is 0.0697. The first kappa shape index (κ1) is 24.4. The van der Waals surface area contributed by atoms with Crippen LogP contribution in [-0.2, 0) is 6.54 Å². The summed E-state index contributed by atoms with van der Waals surface area (Å²) >= 11 is 0. The van der Waals surface area contributed by atoms with Crippen molar-refractivity contribution in [1.82, 2.24) is 9.47 Å². The molecule has 37 heavy (non-hydrogen) atoms. The Labute approximate surface area is 219 Å². The van der Waals surface area contributed by atoms with E-state index in [1.165, 1.54) is 81.1 Å². The van der Waals surface area contributed by atoms with Gasteiger partial charge < -0.3 is 24.2 Å². The van der Waals surface area contributed by atoms with E-state index in [9.17, 15) is 9.90 Å². The molecule has 6 rings (SSSR count). The number of aromatic nitrogens is 1. The Balaban J connectivity index is 1.45. The lowest BCUT2D eigenvalue weighted by atomic mass is 9.81. The summed E-state index contributed by atoms with van der Waals surface area (Å²) in [5.41, 5.74) is 6.30. The Morgan fingerprint density at radius 2 is 1.81 bits per heavy atom. The second kappa shape index (κ2) is 10.4. The van der Waals surface area contributed by atoms with E-state index in [4.69, 9.17) is 4.74 Å². The fraction of sp³-hybridized carbons (Fsp3) is 0.516. The van der Waals surface area contributed by atoms with Gasteiger partial charge in [-0.1, -0.05) is 37.8 Å². The number of carboxylic acids is 1. The molecule has 2 aromatic carbocycles. The van der Waals surface area contributed by atoms with Crippen molar-refractivity contribution in [2.75, 3.05) is 44.7 Å². The fourth-order valence-electron chi connectivity index (χ4n) is 6.83. The number of para-hydroxylation sites is 1. The van der Waals surface area contributed by atoms with E-state index < -0.39 is 5.97 Å². The SMILES string of the molecule is CN(CCN1CCCCC1)c1cccc2c1OCCn1c-2c(C2CCCCC2)c2ccc(C(=O)O)cc21. The number of likely N-dealkylation sites (N-methyl/N-ethyl adjacent to an activating group) is 1. The van der Waals surface area contributed by atoms with Crippen LogP contribution in [0.5, 0.6) is 5.75 Å². The molecule has 0 spiro atoms. The first-order chi connectivity index (χ1) is 18.1. The summed E-state index contributed by atoms with van der Waals surface area (Å²) in [6, 6.07) is 12.3. The number of rotatable bonds is 6. The maximum absolute atomic E-state index is 11.8. The number of carbonyl (C=O) groups is 1. The summed E-state index contributed by atoms with van der Waals surface area (Å²) in [5.74, 6) is 0.592. The topological polar surface area (TPSA) is 57.9 Å². The Hall–Kier alpha value is -2.99. The summed E-state index contributed by atoms with van der Waals surface area (Å²) in [4.78, 5) is 16.8. The van der Waals surface area contributed by atoms with Crippen molar-refractivity contribution >= 4 is 22.6 Å². The number of hydrogen-bond acceptors (Lipinski definition) is 4. The van der Waals surface area contributed by atoms with Crippen molar-refractivity contribution in [2.24, 2.45) is 0 Å². The normalized spacial score (nSPS) is 18.6. The van der Waals surface area contributed by atoms with E-state index in [1.54, 1.807) is 6.07 Å². The molecule has 196 valence electrons. The van der Waals surface area contributed by atoms with E-state index in [2.05, 4.69) is 45.7 Å². The molecule has 6 heteroatoms. The third-order valence-electron chi connectivity index (χ3n) is 8.79. The van der Waals surface area contributed by atoms with Gasteiger partial charge in [-0.25, -0.2) is 4.79 Å². The van der Waals surface area contributed by atoms with Gasteiger partial charge in [-0.3, -0.25) is 0 Å². The number of anilines is 1. The predicted molar refractivity (Wildman–Crippen MR) is 149 cm³/mol. The first-order valence-corrected chi connectivity index (χ1v) is 14.2. The Morgan fingerprint density at radius 3 is 2.59 bits per heavy atom. The van der Waals surface area contributed by atoms with Crippen molar-refractivity contribution in [2.45, 2.75) is 63.8 Å². The summed E-state index contributed by atoms with van der Waals surface area (Å²) < 4.78 is 8.85. The van der Waals surface area contributed by atoms with Crippen LogP contribution in [0.3, 0.4) is 0 Å². The molecule has 0 radical (unpaired) electrons. The van der Waals surface area contributed by atoms with Crippen LogP contribution in [-0.4, -0.2) is 60.4 Å². The molecule has 0 unspecified atom stereocenters. The number of likely N-dealkylation sites (tertiary alicyclic amines) is 1. The molecule has 2 aliphatic heterocycles. The highest BCUT2D eigenvalue weighted by molar-refractivity contribution is 5.99. The standard InChI is InChI=1S/C31H39N3O3/c1-32(17-18-33-15-6-3-7-16-33)26-12-8-11-25-29-28(22-9-4-2-5-10-22)24-14-13-23(31(35)36)21-27(24)34(29)19-20-37-30(25)26/h8,11-14,21-22H,2-7,9-10,15-20H2,1H3,(H,35,36). The molecule has 6 nitrogen and oxygen atoms in total. The Morgan fingerprint density at radius 1 is 1.03 bits per heavy atom. The van der Waals surface area contributed by atoms with Gasteiger partial charge in [0.15, 0.2) is 5.75 Å². The number of hydrogen-bond donors (Lipinski definition) is 1. The van der Waals surface area contributed by atoms with Crippen molar-refractivity contribution < 1.29 is 14.6 Å². The van der Waals surface area contributed by atoms with Gasteiger partial charge in [0.1, 0.15) is 6.61 Å². The minimum atomic E-state index is -0.875. The first-order valence-electron chi connectivity index (χ1n) is 14.2. The van der Waals surface area contributed by atoms with Crippen LogP contribution in [0.1, 0.15) is 73.2 Å². The highest BCUT2D eigenvalue weighted by atomic mass is 16.5. The lowest BCUT2D eigenvalue weighted by Crippen LogP contribution is -2.36. The van der Waals surface area contributed by atoms with Crippen LogP contribution in [0.4, 0.5) is 5.69 Å². The Bertz CT molecular complexity index is 1280. The largest absolute Gasteiger partial charge is 0.489 e. The molecular weight excluding hydrogens is 462 g/mol. The van der Waals surface area contributed by atoms with Gasteiger partial charge in [0.2, 0.25) is 0 Å². The maximum atomic E-state index is 11.8. The molecule has 3 aromatic rings. The van der Waals surface area contributed by atoms with Crippen LogP contribution in [0.2, 0.25) is 0 Å².